The molecule has 0 saturated heterocycles. The Hall–Kier alpha value is -1.31. The van der Waals surface area contributed by atoms with E-state index in [1.165, 1.54) is 12.8 Å². The Morgan fingerprint density at radius 2 is 2.20 bits per heavy atom. The highest BCUT2D eigenvalue weighted by molar-refractivity contribution is 6.00. The van der Waals surface area contributed by atoms with E-state index in [-0.39, 0.29) is 5.78 Å². The molecule has 2 N–H and O–H groups in total. The van der Waals surface area contributed by atoms with Crippen LogP contribution in [0.25, 0.3) is 0 Å². The van der Waals surface area contributed by atoms with Crippen LogP contribution in [0.5, 0.6) is 0 Å². The fourth-order valence-corrected chi connectivity index (χ4v) is 1.79. The van der Waals surface area contributed by atoms with Gasteiger partial charge in [0.15, 0.2) is 5.78 Å². The predicted octanol–water partition coefficient (Wildman–Crippen LogP) is 2.95. The highest BCUT2D eigenvalue weighted by Gasteiger charge is 2.22. The summed E-state index contributed by atoms with van der Waals surface area (Å²) in [4.78, 5) is 11.9. The summed E-state index contributed by atoms with van der Waals surface area (Å²) < 4.78 is 0. The van der Waals surface area contributed by atoms with E-state index >= 15 is 0 Å². The normalized spacial score (nSPS) is 15.3. The average Bonchev–Trinajstić information content (AvgIpc) is 3.02. The van der Waals surface area contributed by atoms with Gasteiger partial charge in [-0.25, -0.2) is 0 Å². The summed E-state index contributed by atoms with van der Waals surface area (Å²) in [7, 11) is 0. The van der Waals surface area contributed by atoms with Gasteiger partial charge in [-0.15, -0.1) is 0 Å². The second-order valence-electron chi connectivity index (χ2n) is 4.50. The number of aryl methyl sites for hydroxylation is 1. The topological polar surface area (TPSA) is 43.1 Å². The number of carbonyl (C=O) groups excluding carboxylic acids is 1. The monoisotopic (exact) mass is 203 g/mol. The lowest BCUT2D eigenvalue weighted by Crippen LogP contribution is -2.04. The van der Waals surface area contributed by atoms with Crippen molar-refractivity contribution in [2.75, 3.05) is 5.73 Å². The third-order valence-corrected chi connectivity index (χ3v) is 2.99. The van der Waals surface area contributed by atoms with Crippen LogP contribution in [0.4, 0.5) is 5.69 Å². The third kappa shape index (κ3) is 2.58. The van der Waals surface area contributed by atoms with Crippen LogP contribution in [0.3, 0.4) is 0 Å². The molecule has 0 amide bonds. The van der Waals surface area contributed by atoms with Crippen molar-refractivity contribution in [3.8, 4) is 0 Å². The van der Waals surface area contributed by atoms with Gasteiger partial charge in [-0.3, -0.25) is 4.79 Å². The van der Waals surface area contributed by atoms with Gasteiger partial charge in [0.1, 0.15) is 0 Å². The van der Waals surface area contributed by atoms with Gasteiger partial charge in [-0.05, 0) is 31.4 Å². The minimum Gasteiger partial charge on any atom is -0.398 e. The molecule has 1 aromatic carbocycles. The number of ketones is 1. The Bertz CT molecular complexity index is 380. The maximum atomic E-state index is 11.9. The number of anilines is 1. The summed E-state index contributed by atoms with van der Waals surface area (Å²) in [6.07, 6.45) is 4.29. The molecule has 2 rings (SSSR count). The molecule has 2 nitrogen and oxygen atoms in total. The molecule has 0 atom stereocenters. The molecular weight excluding hydrogens is 186 g/mol. The minimum absolute atomic E-state index is 0.197. The van der Waals surface area contributed by atoms with Crippen molar-refractivity contribution in [2.45, 2.75) is 32.6 Å². The van der Waals surface area contributed by atoms with E-state index < -0.39 is 0 Å². The zero-order valence-corrected chi connectivity index (χ0v) is 9.12. The smallest absolute Gasteiger partial charge is 0.164 e. The van der Waals surface area contributed by atoms with Gasteiger partial charge in [0.25, 0.3) is 0 Å². The molecule has 0 heterocycles. The Morgan fingerprint density at radius 1 is 1.47 bits per heavy atom. The lowest BCUT2D eigenvalue weighted by Gasteiger charge is -2.05. The van der Waals surface area contributed by atoms with Crippen LogP contribution in [0.1, 0.15) is 41.6 Å². The Balaban J connectivity index is 2.05. The molecule has 1 aliphatic carbocycles. The van der Waals surface area contributed by atoms with Crippen molar-refractivity contribution in [2.24, 2.45) is 5.92 Å². The van der Waals surface area contributed by atoms with E-state index in [9.17, 15) is 4.79 Å². The van der Waals surface area contributed by atoms with E-state index in [2.05, 4.69) is 0 Å². The van der Waals surface area contributed by atoms with Crippen LogP contribution in [-0.2, 0) is 0 Å². The fraction of sp³-hybridized carbons (Fsp3) is 0.462. The summed E-state index contributed by atoms with van der Waals surface area (Å²) in [6, 6.07) is 5.65. The summed E-state index contributed by atoms with van der Waals surface area (Å²) in [6.45, 7) is 1.98. The Labute approximate surface area is 90.5 Å². The average molecular weight is 203 g/mol. The summed E-state index contributed by atoms with van der Waals surface area (Å²) in [5, 5.41) is 0. The number of benzene rings is 1. The number of carbonyl (C=O) groups is 1. The first-order chi connectivity index (χ1) is 7.16. The van der Waals surface area contributed by atoms with Gasteiger partial charge in [-0.1, -0.05) is 24.5 Å². The number of rotatable bonds is 4. The Kier molecular flexibility index (Phi) is 2.76. The van der Waals surface area contributed by atoms with Crippen molar-refractivity contribution in [1.82, 2.24) is 0 Å². The standard InChI is InChI=1S/C13H17NO/c1-9-2-6-12(14)11(8-9)13(15)7-5-10-3-4-10/h2,6,8,10H,3-5,7,14H2,1H3. The van der Waals surface area contributed by atoms with E-state index in [4.69, 9.17) is 5.73 Å². The minimum atomic E-state index is 0.197. The third-order valence-electron chi connectivity index (χ3n) is 2.99. The van der Waals surface area contributed by atoms with Crippen LogP contribution in [0, 0.1) is 12.8 Å². The quantitative estimate of drug-likeness (QED) is 0.604. The number of hydrogen-bond acceptors (Lipinski definition) is 2. The first kappa shape index (κ1) is 10.2. The molecule has 0 aliphatic heterocycles. The molecule has 1 fully saturated rings. The molecular formula is C13H17NO. The van der Waals surface area contributed by atoms with Crippen molar-refractivity contribution >= 4 is 11.5 Å². The molecule has 1 aliphatic rings. The molecule has 1 saturated carbocycles. The summed E-state index contributed by atoms with van der Waals surface area (Å²) in [5.41, 5.74) is 8.20. The maximum absolute atomic E-state index is 11.9. The second kappa shape index (κ2) is 4.05. The van der Waals surface area contributed by atoms with Crippen LogP contribution in [0.15, 0.2) is 18.2 Å². The van der Waals surface area contributed by atoms with Crippen LogP contribution in [0.2, 0.25) is 0 Å². The molecule has 15 heavy (non-hydrogen) atoms. The van der Waals surface area contributed by atoms with E-state index in [1.807, 2.05) is 25.1 Å². The van der Waals surface area contributed by atoms with Gasteiger partial charge < -0.3 is 5.73 Å². The van der Waals surface area contributed by atoms with Crippen molar-refractivity contribution < 1.29 is 4.79 Å². The first-order valence-electron chi connectivity index (χ1n) is 5.56. The van der Waals surface area contributed by atoms with Crippen LogP contribution >= 0.6 is 0 Å². The summed E-state index contributed by atoms with van der Waals surface area (Å²) in [5.74, 6) is 1.00. The van der Waals surface area contributed by atoms with Gasteiger partial charge >= 0.3 is 0 Å². The molecule has 0 radical (unpaired) electrons. The van der Waals surface area contributed by atoms with Crippen molar-refractivity contribution in [3.05, 3.63) is 29.3 Å². The zero-order chi connectivity index (χ0) is 10.8. The molecule has 80 valence electrons. The maximum Gasteiger partial charge on any atom is 0.164 e. The highest BCUT2D eigenvalue weighted by Crippen LogP contribution is 2.34. The van der Waals surface area contributed by atoms with Gasteiger partial charge in [0, 0.05) is 17.7 Å². The van der Waals surface area contributed by atoms with E-state index in [1.54, 1.807) is 0 Å². The lowest BCUT2D eigenvalue weighted by molar-refractivity contribution is 0.0979. The molecule has 0 bridgehead atoms. The largest absolute Gasteiger partial charge is 0.398 e. The molecule has 0 aromatic heterocycles. The van der Waals surface area contributed by atoms with Crippen molar-refractivity contribution in [1.29, 1.82) is 0 Å². The molecule has 0 unspecified atom stereocenters. The SMILES string of the molecule is Cc1ccc(N)c(C(=O)CCC2CC2)c1. The Morgan fingerprint density at radius 3 is 2.87 bits per heavy atom. The molecule has 1 aromatic rings. The number of nitrogen functional groups attached to an aromatic ring is 1. The summed E-state index contributed by atoms with van der Waals surface area (Å²) >= 11 is 0. The zero-order valence-electron chi connectivity index (χ0n) is 9.12. The van der Waals surface area contributed by atoms with Crippen molar-refractivity contribution in [3.63, 3.8) is 0 Å². The lowest BCUT2D eigenvalue weighted by atomic mass is 10.0. The van der Waals surface area contributed by atoms with Gasteiger partial charge in [0.05, 0.1) is 0 Å². The highest BCUT2D eigenvalue weighted by atomic mass is 16.1. The second-order valence-corrected chi connectivity index (χ2v) is 4.50. The predicted molar refractivity (Wildman–Crippen MR) is 61.9 cm³/mol. The van der Waals surface area contributed by atoms with Gasteiger partial charge in [0.2, 0.25) is 0 Å². The number of hydrogen-bond donors (Lipinski definition) is 1. The fourth-order valence-electron chi connectivity index (χ4n) is 1.79. The first-order valence-corrected chi connectivity index (χ1v) is 5.56. The van der Waals surface area contributed by atoms with E-state index in [0.29, 0.717) is 17.7 Å². The molecule has 0 spiro atoms. The van der Waals surface area contributed by atoms with Gasteiger partial charge in [-0.2, -0.15) is 0 Å². The van der Waals surface area contributed by atoms with E-state index in [0.717, 1.165) is 17.9 Å². The van der Waals surface area contributed by atoms with Crippen LogP contribution < -0.4 is 5.73 Å². The number of Topliss-reactive ketones (excluding diaryl/α,β-unsaturated/α-hetero) is 1. The van der Waals surface area contributed by atoms with Crippen LogP contribution in [-0.4, -0.2) is 5.78 Å². The molecule has 2 heteroatoms. The number of nitrogens with two attached hydrogens (primary N) is 1.